The maximum absolute atomic E-state index is 13.9. The number of carbonyl (C=O) groups excluding carboxylic acids is 2. The quantitative estimate of drug-likeness (QED) is 0.374. The third kappa shape index (κ3) is 6.89. The molecule has 0 radical (unpaired) electrons. The number of amides is 2. The lowest BCUT2D eigenvalue weighted by molar-refractivity contribution is -0.140. The maximum Gasteiger partial charge on any atom is 0.264 e. The summed E-state index contributed by atoms with van der Waals surface area (Å²) in [5.74, 6) is -0.895. The summed E-state index contributed by atoms with van der Waals surface area (Å²) in [5, 5.41) is 2.76. The summed E-state index contributed by atoms with van der Waals surface area (Å²) in [4.78, 5) is 28.0. The van der Waals surface area contributed by atoms with Crippen molar-refractivity contribution in [2.75, 3.05) is 24.5 Å². The highest BCUT2D eigenvalue weighted by molar-refractivity contribution is 7.92. The molecule has 38 heavy (non-hydrogen) atoms. The molecule has 0 saturated carbocycles. The zero-order chi connectivity index (χ0) is 27.7. The molecule has 2 amide bonds. The number of halogens is 1. The first-order chi connectivity index (χ1) is 18.2. The summed E-state index contributed by atoms with van der Waals surface area (Å²) in [6.45, 7) is 3.45. The maximum atomic E-state index is 13.9. The van der Waals surface area contributed by atoms with Crippen LogP contribution in [0.1, 0.15) is 25.8 Å². The Morgan fingerprint density at radius 2 is 1.66 bits per heavy atom. The van der Waals surface area contributed by atoms with Crippen LogP contribution in [0, 0.1) is 5.82 Å². The van der Waals surface area contributed by atoms with E-state index in [0.717, 1.165) is 28.6 Å². The molecule has 0 bridgehead atoms. The van der Waals surface area contributed by atoms with Crippen molar-refractivity contribution in [1.82, 2.24) is 10.2 Å². The molecule has 0 unspecified atom stereocenters. The van der Waals surface area contributed by atoms with Gasteiger partial charge in [0.2, 0.25) is 11.8 Å². The van der Waals surface area contributed by atoms with Gasteiger partial charge in [-0.2, -0.15) is 0 Å². The Labute approximate surface area is 223 Å². The Morgan fingerprint density at radius 1 is 0.974 bits per heavy atom. The van der Waals surface area contributed by atoms with Crippen molar-refractivity contribution in [2.45, 2.75) is 37.8 Å². The topological polar surface area (TPSA) is 96.0 Å². The van der Waals surface area contributed by atoms with Crippen LogP contribution in [0.3, 0.4) is 0 Å². The van der Waals surface area contributed by atoms with E-state index in [1.165, 1.54) is 12.0 Å². The number of nitrogens with zero attached hydrogens (tertiary/aromatic N) is 2. The summed E-state index contributed by atoms with van der Waals surface area (Å²) in [5.41, 5.74) is 0.977. The van der Waals surface area contributed by atoms with E-state index in [0.29, 0.717) is 24.3 Å². The number of benzene rings is 3. The molecule has 0 aliphatic carbocycles. The van der Waals surface area contributed by atoms with E-state index < -0.39 is 34.3 Å². The molecule has 0 aliphatic rings. The molecule has 0 saturated heterocycles. The number of carbonyl (C=O) groups is 2. The predicted molar refractivity (Wildman–Crippen MR) is 144 cm³/mol. The number of sulfonamides is 1. The van der Waals surface area contributed by atoms with Gasteiger partial charge in [0.05, 0.1) is 17.7 Å². The van der Waals surface area contributed by atoms with Crippen molar-refractivity contribution in [3.8, 4) is 5.75 Å². The molecule has 202 valence electrons. The van der Waals surface area contributed by atoms with Gasteiger partial charge >= 0.3 is 0 Å². The molecule has 3 aromatic carbocycles. The van der Waals surface area contributed by atoms with Crippen molar-refractivity contribution in [1.29, 1.82) is 0 Å². The van der Waals surface area contributed by atoms with Crippen LogP contribution in [0.2, 0.25) is 0 Å². The van der Waals surface area contributed by atoms with Gasteiger partial charge < -0.3 is 15.0 Å². The third-order valence-corrected chi connectivity index (χ3v) is 7.74. The molecule has 0 aromatic heterocycles. The van der Waals surface area contributed by atoms with Crippen LogP contribution in [-0.2, 0) is 26.2 Å². The van der Waals surface area contributed by atoms with Gasteiger partial charge in [-0.15, -0.1) is 0 Å². The third-order valence-electron chi connectivity index (χ3n) is 5.95. The van der Waals surface area contributed by atoms with Gasteiger partial charge in [-0.3, -0.25) is 13.9 Å². The molecule has 0 aliphatic heterocycles. The monoisotopic (exact) mass is 541 g/mol. The fourth-order valence-electron chi connectivity index (χ4n) is 4.04. The number of rotatable bonds is 12. The van der Waals surface area contributed by atoms with E-state index in [2.05, 4.69) is 5.32 Å². The SMILES string of the molecule is CCNC(=O)[C@H](CC)N(Cc1cccc(OC)c1)C(=O)CN(c1ccccc1)S(=O)(=O)c1ccc(F)cc1. The molecule has 3 rings (SSSR count). The van der Waals surface area contributed by atoms with Gasteiger partial charge in [-0.05, 0) is 67.4 Å². The molecule has 3 aromatic rings. The zero-order valence-electron chi connectivity index (χ0n) is 21.6. The lowest BCUT2D eigenvalue weighted by Crippen LogP contribution is -2.52. The number of hydrogen-bond donors (Lipinski definition) is 1. The van der Waals surface area contributed by atoms with Gasteiger partial charge in [0.25, 0.3) is 10.0 Å². The molecular formula is C28H32FN3O5S. The molecular weight excluding hydrogens is 509 g/mol. The molecule has 0 heterocycles. The minimum Gasteiger partial charge on any atom is -0.497 e. The molecule has 0 fully saturated rings. The molecule has 10 heteroatoms. The minimum absolute atomic E-state index is 0.0604. The van der Waals surface area contributed by atoms with Crippen LogP contribution in [0.15, 0.2) is 83.8 Å². The number of ether oxygens (including phenoxy) is 1. The van der Waals surface area contributed by atoms with E-state index in [9.17, 15) is 22.4 Å². The zero-order valence-corrected chi connectivity index (χ0v) is 22.4. The Bertz CT molecular complexity index is 1330. The number of methoxy groups -OCH3 is 1. The summed E-state index contributed by atoms with van der Waals surface area (Å²) < 4.78 is 47.1. The highest BCUT2D eigenvalue weighted by Gasteiger charge is 2.33. The molecule has 8 nitrogen and oxygen atoms in total. The first-order valence-corrected chi connectivity index (χ1v) is 13.7. The Balaban J connectivity index is 2.04. The molecule has 1 N–H and O–H groups in total. The number of anilines is 1. The van der Waals surface area contributed by atoms with Crippen molar-refractivity contribution < 1.29 is 27.1 Å². The standard InChI is InChI=1S/C28H32FN3O5S/c1-4-26(28(34)30-5-2)31(19-21-10-9-13-24(18-21)37-3)27(33)20-32(23-11-7-6-8-12-23)38(35,36)25-16-14-22(29)15-17-25/h6-18,26H,4-5,19-20H2,1-3H3,(H,30,34)/t26-/m0/s1. The van der Waals surface area contributed by atoms with Crippen LogP contribution >= 0.6 is 0 Å². The highest BCUT2D eigenvalue weighted by Crippen LogP contribution is 2.25. The first kappa shape index (κ1) is 28.6. The van der Waals surface area contributed by atoms with Crippen LogP contribution in [0.5, 0.6) is 5.75 Å². The normalized spacial score (nSPS) is 11.9. The summed E-state index contributed by atoms with van der Waals surface area (Å²) in [7, 11) is -2.72. The fraction of sp³-hybridized carbons (Fsp3) is 0.286. The predicted octanol–water partition coefficient (Wildman–Crippen LogP) is 3.97. The van der Waals surface area contributed by atoms with Crippen molar-refractivity contribution in [3.63, 3.8) is 0 Å². The second kappa shape index (κ2) is 13.0. The van der Waals surface area contributed by atoms with Crippen LogP contribution in [0.25, 0.3) is 0 Å². The molecule has 0 spiro atoms. The average molecular weight is 542 g/mol. The Morgan fingerprint density at radius 3 is 2.26 bits per heavy atom. The van der Waals surface area contributed by atoms with E-state index in [4.69, 9.17) is 4.74 Å². The van der Waals surface area contributed by atoms with Crippen molar-refractivity contribution >= 4 is 27.5 Å². The largest absolute Gasteiger partial charge is 0.497 e. The summed E-state index contributed by atoms with van der Waals surface area (Å²) in [6, 6.07) is 18.9. The van der Waals surface area contributed by atoms with E-state index in [1.54, 1.807) is 68.4 Å². The number of likely N-dealkylation sites (N-methyl/N-ethyl adjacent to an activating group) is 1. The lowest BCUT2D eigenvalue weighted by Gasteiger charge is -2.33. The first-order valence-electron chi connectivity index (χ1n) is 12.2. The Hall–Kier alpha value is -3.92. The summed E-state index contributed by atoms with van der Waals surface area (Å²) >= 11 is 0. The minimum atomic E-state index is -4.25. The number of para-hydroxylation sites is 1. The van der Waals surface area contributed by atoms with Gasteiger partial charge in [-0.1, -0.05) is 37.3 Å². The van der Waals surface area contributed by atoms with Gasteiger partial charge in [0.1, 0.15) is 24.2 Å². The Kier molecular flexibility index (Phi) is 9.84. The highest BCUT2D eigenvalue weighted by atomic mass is 32.2. The van der Waals surface area contributed by atoms with Gasteiger partial charge in [0.15, 0.2) is 0 Å². The number of hydrogen-bond acceptors (Lipinski definition) is 5. The average Bonchev–Trinajstić information content (AvgIpc) is 2.92. The van der Waals surface area contributed by atoms with Crippen LogP contribution < -0.4 is 14.4 Å². The van der Waals surface area contributed by atoms with E-state index in [1.807, 2.05) is 0 Å². The smallest absolute Gasteiger partial charge is 0.264 e. The van der Waals surface area contributed by atoms with Crippen LogP contribution in [0.4, 0.5) is 10.1 Å². The second-order valence-corrected chi connectivity index (χ2v) is 10.4. The molecule has 1 atom stereocenters. The van der Waals surface area contributed by atoms with Gasteiger partial charge in [-0.25, -0.2) is 12.8 Å². The number of nitrogens with one attached hydrogen (secondary N) is 1. The summed E-state index contributed by atoms with van der Waals surface area (Å²) in [6.07, 6.45) is 0.317. The van der Waals surface area contributed by atoms with E-state index >= 15 is 0 Å². The fourth-order valence-corrected chi connectivity index (χ4v) is 5.45. The van der Waals surface area contributed by atoms with Crippen molar-refractivity contribution in [3.05, 3.63) is 90.2 Å². The van der Waals surface area contributed by atoms with Gasteiger partial charge in [0, 0.05) is 13.1 Å². The van der Waals surface area contributed by atoms with E-state index in [-0.39, 0.29) is 23.0 Å². The second-order valence-electron chi connectivity index (χ2n) is 8.49. The lowest BCUT2D eigenvalue weighted by atomic mass is 10.1. The van der Waals surface area contributed by atoms with Crippen molar-refractivity contribution in [2.24, 2.45) is 0 Å². The van der Waals surface area contributed by atoms with Crippen LogP contribution in [-0.4, -0.2) is 51.4 Å².